The van der Waals surface area contributed by atoms with Gasteiger partial charge >= 0.3 is 0 Å². The van der Waals surface area contributed by atoms with Crippen molar-refractivity contribution in [1.29, 1.82) is 0 Å². The first kappa shape index (κ1) is 12.3. The van der Waals surface area contributed by atoms with Crippen LogP contribution in [-0.4, -0.2) is 12.1 Å². The molecule has 0 aliphatic heterocycles. The number of benzene rings is 2. The number of rotatable bonds is 5. The van der Waals surface area contributed by atoms with Crippen molar-refractivity contribution in [3.63, 3.8) is 0 Å². The highest BCUT2D eigenvalue weighted by Crippen LogP contribution is 2.19. The zero-order valence-corrected chi connectivity index (χ0v) is 11.2. The first-order chi connectivity index (χ1) is 8.40. The predicted octanol–water partition coefficient (Wildman–Crippen LogP) is 4.27. The Hall–Kier alpha value is -1.12. The number of halogens is 1. The van der Waals surface area contributed by atoms with Crippen LogP contribution in [0.3, 0.4) is 0 Å². The molecule has 0 radical (unpaired) electrons. The Labute approximate surface area is 111 Å². The Balaban J connectivity index is 2.03. The summed E-state index contributed by atoms with van der Waals surface area (Å²) in [5.41, 5.74) is 4.44. The summed E-state index contributed by atoms with van der Waals surface area (Å²) in [5.74, 6) is 0. The quantitative estimate of drug-likeness (QED) is 0.590. The highest BCUT2D eigenvalue weighted by Gasteiger charge is 1.97. The lowest BCUT2D eigenvalue weighted by atomic mass is 10.0. The standard InChI is InChI=1S/C15H15BrO/c16-12-17-11-10-13-6-8-15(9-7-13)14-4-2-1-3-5-14/h1-9H,10-12H2. The summed E-state index contributed by atoms with van der Waals surface area (Å²) in [6, 6.07) is 19.1. The van der Waals surface area contributed by atoms with E-state index < -0.39 is 0 Å². The number of hydrogen-bond acceptors (Lipinski definition) is 1. The molecule has 88 valence electrons. The van der Waals surface area contributed by atoms with E-state index in [4.69, 9.17) is 4.74 Å². The molecule has 0 saturated heterocycles. The topological polar surface area (TPSA) is 9.23 Å². The molecule has 0 aliphatic carbocycles. The molecule has 2 rings (SSSR count). The zero-order valence-electron chi connectivity index (χ0n) is 9.60. The Morgan fingerprint density at radius 3 is 2.12 bits per heavy atom. The van der Waals surface area contributed by atoms with Crippen LogP contribution in [0.25, 0.3) is 11.1 Å². The second-order valence-electron chi connectivity index (χ2n) is 3.83. The summed E-state index contributed by atoms with van der Waals surface area (Å²) >= 11 is 3.24. The van der Waals surface area contributed by atoms with E-state index in [2.05, 4.69) is 64.5 Å². The average molecular weight is 291 g/mol. The van der Waals surface area contributed by atoms with Crippen LogP contribution in [0.4, 0.5) is 0 Å². The van der Waals surface area contributed by atoms with Gasteiger partial charge in [0.2, 0.25) is 0 Å². The van der Waals surface area contributed by atoms with Gasteiger partial charge in [-0.25, -0.2) is 0 Å². The van der Waals surface area contributed by atoms with Crippen molar-refractivity contribution in [2.45, 2.75) is 6.42 Å². The fourth-order valence-corrected chi connectivity index (χ4v) is 1.97. The average Bonchev–Trinajstić information content (AvgIpc) is 2.41. The third-order valence-electron chi connectivity index (χ3n) is 2.67. The molecular formula is C15H15BrO. The molecule has 0 N–H and O–H groups in total. The van der Waals surface area contributed by atoms with Gasteiger partial charge < -0.3 is 4.74 Å². The van der Waals surface area contributed by atoms with Gasteiger partial charge in [-0.1, -0.05) is 70.5 Å². The molecule has 0 atom stereocenters. The second-order valence-corrected chi connectivity index (χ2v) is 4.29. The van der Waals surface area contributed by atoms with E-state index in [0.29, 0.717) is 5.52 Å². The third kappa shape index (κ3) is 3.69. The summed E-state index contributed by atoms with van der Waals surface area (Å²) in [5, 5.41) is 0. The molecule has 0 amide bonds. The fourth-order valence-electron chi connectivity index (χ4n) is 1.74. The van der Waals surface area contributed by atoms with Crippen molar-refractivity contribution < 1.29 is 4.74 Å². The van der Waals surface area contributed by atoms with Gasteiger partial charge in [-0.15, -0.1) is 0 Å². The minimum Gasteiger partial charge on any atom is -0.370 e. The Kier molecular flexibility index (Phi) is 4.77. The van der Waals surface area contributed by atoms with Crippen LogP contribution in [0, 0.1) is 0 Å². The molecule has 0 heterocycles. The van der Waals surface area contributed by atoms with Crippen LogP contribution in [0.15, 0.2) is 54.6 Å². The van der Waals surface area contributed by atoms with Gasteiger partial charge in [-0.3, -0.25) is 0 Å². The van der Waals surface area contributed by atoms with Crippen LogP contribution in [0.1, 0.15) is 5.56 Å². The molecular weight excluding hydrogens is 276 g/mol. The Bertz CT molecular complexity index is 436. The lowest BCUT2D eigenvalue weighted by Gasteiger charge is -2.04. The smallest absolute Gasteiger partial charge is 0.102 e. The first-order valence-electron chi connectivity index (χ1n) is 5.68. The number of ether oxygens (including phenoxy) is 1. The Morgan fingerprint density at radius 2 is 1.47 bits per heavy atom. The van der Waals surface area contributed by atoms with Crippen LogP contribution in [-0.2, 0) is 11.2 Å². The maximum atomic E-state index is 5.27. The van der Waals surface area contributed by atoms with Crippen molar-refractivity contribution in [3.05, 3.63) is 60.2 Å². The number of hydrogen-bond donors (Lipinski definition) is 0. The Morgan fingerprint density at radius 1 is 0.824 bits per heavy atom. The first-order valence-corrected chi connectivity index (χ1v) is 6.80. The van der Waals surface area contributed by atoms with Crippen LogP contribution < -0.4 is 0 Å². The molecule has 17 heavy (non-hydrogen) atoms. The second kappa shape index (κ2) is 6.58. The van der Waals surface area contributed by atoms with Gasteiger partial charge in [-0.2, -0.15) is 0 Å². The molecule has 0 bridgehead atoms. The molecule has 0 unspecified atom stereocenters. The van der Waals surface area contributed by atoms with Crippen LogP contribution >= 0.6 is 15.9 Å². The van der Waals surface area contributed by atoms with Crippen molar-refractivity contribution in [2.75, 3.05) is 12.1 Å². The fraction of sp³-hybridized carbons (Fsp3) is 0.200. The monoisotopic (exact) mass is 290 g/mol. The highest BCUT2D eigenvalue weighted by atomic mass is 79.9. The van der Waals surface area contributed by atoms with E-state index in [0.717, 1.165) is 13.0 Å². The van der Waals surface area contributed by atoms with Crippen molar-refractivity contribution in [3.8, 4) is 11.1 Å². The SMILES string of the molecule is BrCOCCc1ccc(-c2ccccc2)cc1. The van der Waals surface area contributed by atoms with Gasteiger partial charge in [0, 0.05) is 0 Å². The molecule has 2 aromatic rings. The van der Waals surface area contributed by atoms with Crippen molar-refractivity contribution in [1.82, 2.24) is 0 Å². The largest absolute Gasteiger partial charge is 0.370 e. The molecule has 2 heteroatoms. The van der Waals surface area contributed by atoms with E-state index in [1.54, 1.807) is 0 Å². The maximum absolute atomic E-state index is 5.27. The minimum absolute atomic E-state index is 0.606. The number of alkyl halides is 1. The van der Waals surface area contributed by atoms with Gasteiger partial charge in [0.1, 0.15) is 5.52 Å². The summed E-state index contributed by atoms with van der Waals surface area (Å²) < 4.78 is 5.27. The summed E-state index contributed by atoms with van der Waals surface area (Å²) in [6.07, 6.45) is 0.959. The van der Waals surface area contributed by atoms with Crippen molar-refractivity contribution >= 4 is 15.9 Å². The zero-order chi connectivity index (χ0) is 11.9. The molecule has 0 spiro atoms. The van der Waals surface area contributed by atoms with E-state index in [9.17, 15) is 0 Å². The highest BCUT2D eigenvalue weighted by molar-refractivity contribution is 9.09. The summed E-state index contributed by atoms with van der Waals surface area (Å²) in [4.78, 5) is 0. The molecule has 1 nitrogen and oxygen atoms in total. The van der Waals surface area contributed by atoms with E-state index in [-0.39, 0.29) is 0 Å². The lowest BCUT2D eigenvalue weighted by molar-refractivity contribution is 0.190. The summed E-state index contributed by atoms with van der Waals surface area (Å²) in [6.45, 7) is 0.760. The van der Waals surface area contributed by atoms with Crippen LogP contribution in [0.2, 0.25) is 0 Å². The third-order valence-corrected chi connectivity index (χ3v) is 3.00. The van der Waals surface area contributed by atoms with Crippen molar-refractivity contribution in [2.24, 2.45) is 0 Å². The molecule has 0 aromatic heterocycles. The van der Waals surface area contributed by atoms with E-state index >= 15 is 0 Å². The summed E-state index contributed by atoms with van der Waals surface area (Å²) in [7, 11) is 0. The molecule has 0 saturated carbocycles. The van der Waals surface area contributed by atoms with Gasteiger partial charge in [0.25, 0.3) is 0 Å². The van der Waals surface area contributed by atoms with Crippen LogP contribution in [0.5, 0.6) is 0 Å². The van der Waals surface area contributed by atoms with Gasteiger partial charge in [-0.05, 0) is 23.1 Å². The van der Waals surface area contributed by atoms with E-state index in [1.807, 2.05) is 6.07 Å². The molecule has 0 fully saturated rings. The maximum Gasteiger partial charge on any atom is 0.102 e. The van der Waals surface area contributed by atoms with Gasteiger partial charge in [0.05, 0.1) is 6.61 Å². The normalized spacial score (nSPS) is 10.4. The minimum atomic E-state index is 0.606. The lowest BCUT2D eigenvalue weighted by Crippen LogP contribution is -1.96. The molecule has 2 aromatic carbocycles. The molecule has 0 aliphatic rings. The van der Waals surface area contributed by atoms with E-state index in [1.165, 1.54) is 16.7 Å². The van der Waals surface area contributed by atoms with Gasteiger partial charge in [0.15, 0.2) is 0 Å². The predicted molar refractivity (Wildman–Crippen MR) is 75.3 cm³/mol.